The molecule has 0 unspecified atom stereocenters. The first-order valence-corrected chi connectivity index (χ1v) is 6.97. The first kappa shape index (κ1) is 13.5. The zero-order valence-corrected chi connectivity index (χ0v) is 11.5. The summed E-state index contributed by atoms with van der Waals surface area (Å²) < 4.78 is 0. The standard InChI is InChI=1S/C14H16N2O2S/c1-10-16-13(9-19-10)8-15-12-4-2-3-11(7-12)5-6-14(17)18/h2-4,7,9,15H,5-6,8H2,1H3,(H,17,18). The topological polar surface area (TPSA) is 62.2 Å². The second-order valence-electron chi connectivity index (χ2n) is 4.31. The van der Waals surface area contributed by atoms with Crippen LogP contribution in [0.1, 0.15) is 22.7 Å². The van der Waals surface area contributed by atoms with Crippen LogP contribution < -0.4 is 5.32 Å². The van der Waals surface area contributed by atoms with Gasteiger partial charge in [-0.25, -0.2) is 4.98 Å². The second kappa shape index (κ2) is 6.33. The highest BCUT2D eigenvalue weighted by atomic mass is 32.1. The van der Waals surface area contributed by atoms with Gasteiger partial charge in [-0.3, -0.25) is 4.79 Å². The highest BCUT2D eigenvalue weighted by molar-refractivity contribution is 7.09. The number of carboxylic acid groups (broad SMARTS) is 1. The fraction of sp³-hybridized carbons (Fsp3) is 0.286. The number of benzene rings is 1. The van der Waals surface area contributed by atoms with E-state index in [1.807, 2.05) is 36.6 Å². The van der Waals surface area contributed by atoms with Crippen molar-refractivity contribution in [2.45, 2.75) is 26.3 Å². The fourth-order valence-corrected chi connectivity index (χ4v) is 2.38. The number of carbonyl (C=O) groups is 1. The Hall–Kier alpha value is -1.88. The minimum absolute atomic E-state index is 0.161. The van der Waals surface area contributed by atoms with Gasteiger partial charge in [0.1, 0.15) is 0 Å². The van der Waals surface area contributed by atoms with E-state index in [2.05, 4.69) is 10.3 Å². The summed E-state index contributed by atoms with van der Waals surface area (Å²) in [6.07, 6.45) is 0.718. The number of nitrogens with zero attached hydrogens (tertiary/aromatic N) is 1. The first-order valence-electron chi connectivity index (χ1n) is 6.09. The van der Waals surface area contributed by atoms with E-state index >= 15 is 0 Å². The number of carboxylic acids is 1. The summed E-state index contributed by atoms with van der Waals surface area (Å²) in [5.41, 5.74) is 3.05. The second-order valence-corrected chi connectivity index (χ2v) is 5.37. The van der Waals surface area contributed by atoms with E-state index in [0.29, 0.717) is 13.0 Å². The van der Waals surface area contributed by atoms with Crippen molar-refractivity contribution >= 4 is 23.0 Å². The highest BCUT2D eigenvalue weighted by Crippen LogP contribution is 2.14. The third-order valence-corrected chi connectivity index (χ3v) is 3.52. The molecule has 0 saturated heterocycles. The Morgan fingerprint density at radius 2 is 2.32 bits per heavy atom. The molecule has 0 aliphatic rings. The predicted molar refractivity (Wildman–Crippen MR) is 76.6 cm³/mol. The Kier molecular flexibility index (Phi) is 4.52. The molecule has 2 N–H and O–H groups in total. The molecular formula is C14H16N2O2S. The van der Waals surface area contributed by atoms with Gasteiger partial charge in [-0.15, -0.1) is 11.3 Å². The zero-order valence-electron chi connectivity index (χ0n) is 10.7. The molecule has 0 aliphatic carbocycles. The molecule has 0 aliphatic heterocycles. The van der Waals surface area contributed by atoms with E-state index in [9.17, 15) is 4.79 Å². The lowest BCUT2D eigenvalue weighted by Crippen LogP contribution is -2.01. The molecule has 2 aromatic rings. The number of aromatic nitrogens is 1. The molecule has 0 fully saturated rings. The average Bonchev–Trinajstić information content (AvgIpc) is 2.80. The highest BCUT2D eigenvalue weighted by Gasteiger charge is 2.01. The number of anilines is 1. The van der Waals surface area contributed by atoms with E-state index in [1.54, 1.807) is 11.3 Å². The van der Waals surface area contributed by atoms with Crippen LogP contribution in [-0.2, 0) is 17.8 Å². The molecule has 5 heteroatoms. The number of aliphatic carboxylic acids is 1. The molecule has 100 valence electrons. The summed E-state index contributed by atoms with van der Waals surface area (Å²) in [6, 6.07) is 7.85. The van der Waals surface area contributed by atoms with Crippen LogP contribution in [0.3, 0.4) is 0 Å². The largest absolute Gasteiger partial charge is 0.481 e. The summed E-state index contributed by atoms with van der Waals surface area (Å²) >= 11 is 1.64. The first-order chi connectivity index (χ1) is 9.13. The maximum atomic E-state index is 10.5. The van der Waals surface area contributed by atoms with Crippen LogP contribution in [-0.4, -0.2) is 16.1 Å². The number of nitrogens with one attached hydrogen (secondary N) is 1. The van der Waals surface area contributed by atoms with Gasteiger partial charge in [0.25, 0.3) is 0 Å². The van der Waals surface area contributed by atoms with Gasteiger partial charge in [0, 0.05) is 17.5 Å². The lowest BCUT2D eigenvalue weighted by atomic mass is 10.1. The molecule has 1 aromatic carbocycles. The molecule has 0 saturated carbocycles. The third-order valence-electron chi connectivity index (χ3n) is 2.69. The summed E-state index contributed by atoms with van der Waals surface area (Å²) in [7, 11) is 0. The molecule has 0 radical (unpaired) electrons. The Balaban J connectivity index is 1.93. The quantitative estimate of drug-likeness (QED) is 0.851. The Labute approximate surface area is 116 Å². The maximum absolute atomic E-state index is 10.5. The number of hydrogen-bond donors (Lipinski definition) is 2. The maximum Gasteiger partial charge on any atom is 0.303 e. The lowest BCUT2D eigenvalue weighted by molar-refractivity contribution is -0.136. The summed E-state index contributed by atoms with van der Waals surface area (Å²) in [5, 5.41) is 15.1. The SMILES string of the molecule is Cc1nc(CNc2cccc(CCC(=O)O)c2)cs1. The van der Waals surface area contributed by atoms with Crippen molar-refractivity contribution in [3.8, 4) is 0 Å². The summed E-state index contributed by atoms with van der Waals surface area (Å²) in [5.74, 6) is -0.767. The molecule has 0 spiro atoms. The molecule has 4 nitrogen and oxygen atoms in total. The molecule has 0 atom stereocenters. The van der Waals surface area contributed by atoms with E-state index in [4.69, 9.17) is 5.11 Å². The smallest absolute Gasteiger partial charge is 0.303 e. The van der Waals surface area contributed by atoms with Crippen LogP contribution in [0.5, 0.6) is 0 Å². The molecule has 19 heavy (non-hydrogen) atoms. The molecule has 0 amide bonds. The van der Waals surface area contributed by atoms with E-state index < -0.39 is 5.97 Å². The van der Waals surface area contributed by atoms with Crippen LogP contribution in [0.4, 0.5) is 5.69 Å². The summed E-state index contributed by atoms with van der Waals surface area (Å²) in [4.78, 5) is 14.9. The van der Waals surface area contributed by atoms with Crippen molar-refractivity contribution < 1.29 is 9.90 Å². The van der Waals surface area contributed by atoms with Crippen molar-refractivity contribution in [3.05, 3.63) is 45.9 Å². The van der Waals surface area contributed by atoms with E-state index in [-0.39, 0.29) is 6.42 Å². The molecule has 1 aromatic heterocycles. The zero-order chi connectivity index (χ0) is 13.7. The van der Waals surface area contributed by atoms with E-state index in [0.717, 1.165) is 22.0 Å². The van der Waals surface area contributed by atoms with Gasteiger partial charge in [-0.05, 0) is 31.0 Å². The van der Waals surface area contributed by atoms with Gasteiger partial charge < -0.3 is 10.4 Å². The normalized spacial score (nSPS) is 10.4. The van der Waals surface area contributed by atoms with Gasteiger partial charge in [-0.2, -0.15) is 0 Å². The number of aryl methyl sites for hydroxylation is 2. The Morgan fingerprint density at radius 1 is 1.47 bits per heavy atom. The van der Waals surface area contributed by atoms with Gasteiger partial charge in [0.2, 0.25) is 0 Å². The van der Waals surface area contributed by atoms with Crippen LogP contribution >= 0.6 is 11.3 Å². The fourth-order valence-electron chi connectivity index (χ4n) is 1.77. The van der Waals surface area contributed by atoms with Crippen LogP contribution in [0.15, 0.2) is 29.6 Å². The number of hydrogen-bond acceptors (Lipinski definition) is 4. The van der Waals surface area contributed by atoms with E-state index in [1.165, 1.54) is 0 Å². The van der Waals surface area contributed by atoms with Crippen molar-refractivity contribution in [2.75, 3.05) is 5.32 Å². The minimum atomic E-state index is -0.767. The monoisotopic (exact) mass is 276 g/mol. The lowest BCUT2D eigenvalue weighted by Gasteiger charge is -2.06. The molecule has 0 bridgehead atoms. The summed E-state index contributed by atoms with van der Waals surface area (Å²) in [6.45, 7) is 2.67. The van der Waals surface area contributed by atoms with Crippen LogP contribution in [0, 0.1) is 6.92 Å². The van der Waals surface area contributed by atoms with Crippen LogP contribution in [0.25, 0.3) is 0 Å². The van der Waals surface area contributed by atoms with Crippen molar-refractivity contribution in [1.29, 1.82) is 0 Å². The number of rotatable bonds is 6. The van der Waals surface area contributed by atoms with Crippen molar-refractivity contribution in [1.82, 2.24) is 4.98 Å². The average molecular weight is 276 g/mol. The Bertz CT molecular complexity index is 566. The molecular weight excluding hydrogens is 260 g/mol. The minimum Gasteiger partial charge on any atom is -0.481 e. The van der Waals surface area contributed by atoms with Crippen LogP contribution in [0.2, 0.25) is 0 Å². The number of thiazole rings is 1. The van der Waals surface area contributed by atoms with Gasteiger partial charge >= 0.3 is 5.97 Å². The third kappa shape index (κ3) is 4.37. The van der Waals surface area contributed by atoms with Crippen molar-refractivity contribution in [2.24, 2.45) is 0 Å². The predicted octanol–water partition coefficient (Wildman–Crippen LogP) is 3.08. The van der Waals surface area contributed by atoms with Crippen molar-refractivity contribution in [3.63, 3.8) is 0 Å². The van der Waals surface area contributed by atoms with Gasteiger partial charge in [0.15, 0.2) is 0 Å². The molecule has 1 heterocycles. The molecule has 2 rings (SSSR count). The van der Waals surface area contributed by atoms with Gasteiger partial charge in [-0.1, -0.05) is 12.1 Å². The van der Waals surface area contributed by atoms with Gasteiger partial charge in [0.05, 0.1) is 17.2 Å². The Morgan fingerprint density at radius 3 is 3.00 bits per heavy atom.